The van der Waals surface area contributed by atoms with Crippen LogP contribution in [0.1, 0.15) is 86.6 Å². The average Bonchev–Trinajstić information content (AvgIpc) is 3.84. The van der Waals surface area contributed by atoms with Gasteiger partial charge in [-0.05, 0) is 103 Å². The Morgan fingerprint density at radius 2 is 2.06 bits per heavy atom. The third-order valence-electron chi connectivity index (χ3n) is 9.99. The van der Waals surface area contributed by atoms with Crippen LogP contribution in [0.5, 0.6) is 5.88 Å². The zero-order valence-corrected chi connectivity index (χ0v) is 27.4. The second-order valence-corrected chi connectivity index (χ2v) is 13.5. The van der Waals surface area contributed by atoms with Crippen LogP contribution >= 0.6 is 0 Å². The van der Waals surface area contributed by atoms with Gasteiger partial charge in [0, 0.05) is 35.6 Å². The van der Waals surface area contributed by atoms with E-state index in [0.29, 0.717) is 40.2 Å². The second kappa shape index (κ2) is 12.1. The van der Waals surface area contributed by atoms with Gasteiger partial charge in [0.15, 0.2) is 23.1 Å². The minimum atomic E-state index is -0.472. The van der Waals surface area contributed by atoms with Gasteiger partial charge in [-0.1, -0.05) is 11.2 Å². The summed E-state index contributed by atoms with van der Waals surface area (Å²) in [5, 5.41) is 22.3. The summed E-state index contributed by atoms with van der Waals surface area (Å²) in [6.07, 6.45) is 8.19. The number of amides is 1. The third kappa shape index (κ3) is 5.52. The molecule has 12 heteroatoms. The van der Waals surface area contributed by atoms with Crippen molar-refractivity contribution >= 4 is 11.6 Å². The number of nitrogen functional groups attached to an aromatic ring is 1. The van der Waals surface area contributed by atoms with Crippen molar-refractivity contribution in [1.82, 2.24) is 35.1 Å². The first kappa shape index (κ1) is 30.9. The van der Waals surface area contributed by atoms with Crippen molar-refractivity contribution in [3.63, 3.8) is 0 Å². The van der Waals surface area contributed by atoms with Gasteiger partial charge < -0.3 is 20.3 Å². The van der Waals surface area contributed by atoms with Crippen molar-refractivity contribution < 1.29 is 14.1 Å². The second-order valence-electron chi connectivity index (χ2n) is 13.5. The number of carbonyl (C=O) groups is 1. The number of nitriles is 1. The van der Waals surface area contributed by atoms with Crippen LogP contribution in [0, 0.1) is 11.3 Å². The van der Waals surface area contributed by atoms with Crippen LogP contribution in [0.15, 0.2) is 35.0 Å². The molecule has 4 heterocycles. The van der Waals surface area contributed by atoms with Crippen molar-refractivity contribution in [2.45, 2.75) is 95.7 Å². The maximum atomic E-state index is 12.4. The molecule has 7 rings (SSSR count). The quantitative estimate of drug-likeness (QED) is 0.268. The maximum absolute atomic E-state index is 12.4. The maximum Gasteiger partial charge on any atom is 0.226 e. The van der Waals surface area contributed by atoms with Crippen molar-refractivity contribution in [3.8, 4) is 29.3 Å². The van der Waals surface area contributed by atoms with Gasteiger partial charge in [-0.3, -0.25) is 9.69 Å². The lowest BCUT2D eigenvalue weighted by Gasteiger charge is -2.33. The molecular weight excluding hydrogens is 594 g/mol. The van der Waals surface area contributed by atoms with Crippen LogP contribution in [0.4, 0.5) is 5.69 Å². The van der Waals surface area contributed by atoms with Crippen LogP contribution < -0.4 is 15.8 Å². The fourth-order valence-corrected chi connectivity index (χ4v) is 7.88. The molecule has 3 aliphatic rings. The average molecular weight is 636 g/mol. The molecule has 1 amide bonds. The Morgan fingerprint density at radius 3 is 2.83 bits per heavy atom. The van der Waals surface area contributed by atoms with Crippen LogP contribution in [0.2, 0.25) is 0 Å². The highest BCUT2D eigenvalue weighted by molar-refractivity contribution is 5.78. The van der Waals surface area contributed by atoms with Gasteiger partial charge >= 0.3 is 0 Å². The molecule has 3 atom stereocenters. The summed E-state index contributed by atoms with van der Waals surface area (Å²) in [5.74, 6) is 1.98. The number of nitrogens with zero attached hydrogens (tertiary/aromatic N) is 7. The summed E-state index contributed by atoms with van der Waals surface area (Å²) < 4.78 is 14.4. The predicted molar refractivity (Wildman–Crippen MR) is 175 cm³/mol. The number of aromatic nitrogens is 5. The van der Waals surface area contributed by atoms with Crippen LogP contribution in [0.3, 0.4) is 0 Å². The summed E-state index contributed by atoms with van der Waals surface area (Å²) in [6, 6.07) is 10.2. The number of hydrogen-bond acceptors (Lipinski definition) is 10. The van der Waals surface area contributed by atoms with E-state index in [1.54, 1.807) is 16.9 Å². The van der Waals surface area contributed by atoms with E-state index >= 15 is 0 Å². The topological polar surface area (TPSA) is 161 Å². The summed E-state index contributed by atoms with van der Waals surface area (Å²) in [6.45, 7) is 6.97. The SMILES string of the molecule is CC(C)NC(=O)Cc1ccn(-c2cc(OC(C)C3CCCN3C)nc(-c3noc4c3CCCC43CCc4ccc(N)c(C#N)c43)n2)n1. The van der Waals surface area contributed by atoms with E-state index in [9.17, 15) is 10.1 Å². The van der Waals surface area contributed by atoms with Crippen LogP contribution in [-0.4, -0.2) is 67.5 Å². The summed E-state index contributed by atoms with van der Waals surface area (Å²) in [4.78, 5) is 24.6. The molecule has 1 aromatic carbocycles. The van der Waals surface area contributed by atoms with Gasteiger partial charge in [-0.25, -0.2) is 9.67 Å². The monoisotopic (exact) mass is 635 g/mol. The Labute approximate surface area is 274 Å². The first-order valence-corrected chi connectivity index (χ1v) is 16.6. The minimum absolute atomic E-state index is 0.0451. The van der Waals surface area contributed by atoms with Gasteiger partial charge in [0.25, 0.3) is 0 Å². The summed E-state index contributed by atoms with van der Waals surface area (Å²) >= 11 is 0. The highest BCUT2D eigenvalue weighted by atomic mass is 16.5. The Hall–Kier alpha value is -4.76. The molecule has 3 N–H and O–H groups in total. The number of aryl methyl sites for hydroxylation is 1. The number of fused-ring (bicyclic) bond motifs is 4. The largest absolute Gasteiger partial charge is 0.473 e. The molecule has 244 valence electrons. The molecule has 0 radical (unpaired) electrons. The van der Waals surface area contributed by atoms with Crippen molar-refractivity contribution in [1.29, 1.82) is 5.26 Å². The van der Waals surface area contributed by atoms with Crippen molar-refractivity contribution in [2.24, 2.45) is 0 Å². The van der Waals surface area contributed by atoms with Crippen LogP contribution in [-0.2, 0) is 29.5 Å². The number of ether oxygens (including phenoxy) is 1. The number of anilines is 1. The lowest BCUT2D eigenvalue weighted by molar-refractivity contribution is -0.120. The normalized spacial score (nSPS) is 21.1. The molecule has 3 aromatic heterocycles. The lowest BCUT2D eigenvalue weighted by atomic mass is 9.68. The highest BCUT2D eigenvalue weighted by Gasteiger charge is 2.49. The lowest BCUT2D eigenvalue weighted by Crippen LogP contribution is -2.38. The third-order valence-corrected chi connectivity index (χ3v) is 9.99. The molecule has 2 aliphatic carbocycles. The molecule has 4 aromatic rings. The van der Waals surface area contributed by atoms with E-state index in [0.717, 1.165) is 73.9 Å². The number of carbonyl (C=O) groups excluding carboxylic acids is 1. The molecular formula is C35H41N9O3. The number of benzene rings is 1. The number of nitrogens with two attached hydrogens (primary N) is 1. The molecule has 1 fully saturated rings. The molecule has 12 nitrogen and oxygen atoms in total. The smallest absolute Gasteiger partial charge is 0.226 e. The first-order chi connectivity index (χ1) is 22.7. The first-order valence-electron chi connectivity index (χ1n) is 16.6. The number of nitrogens with one attached hydrogen (secondary N) is 1. The van der Waals surface area contributed by atoms with Crippen LogP contribution in [0.25, 0.3) is 17.3 Å². The van der Waals surface area contributed by atoms with Crippen molar-refractivity contribution in [3.05, 3.63) is 64.2 Å². The molecule has 47 heavy (non-hydrogen) atoms. The fraction of sp³-hybridized carbons (Fsp3) is 0.486. The van der Waals surface area contributed by atoms with Gasteiger partial charge in [0.1, 0.15) is 12.2 Å². The van der Waals surface area contributed by atoms with Gasteiger partial charge in [-0.15, -0.1) is 0 Å². The fourth-order valence-electron chi connectivity index (χ4n) is 7.88. The number of hydrogen-bond donors (Lipinski definition) is 2. The number of likely N-dealkylation sites (tertiary alicyclic amines) is 1. The van der Waals surface area contributed by atoms with E-state index in [-0.39, 0.29) is 30.5 Å². The Balaban J connectivity index is 1.29. The number of likely N-dealkylation sites (N-methyl/N-ethyl adjacent to an activating group) is 1. The van der Waals surface area contributed by atoms with Gasteiger partial charge in [0.2, 0.25) is 11.8 Å². The van der Waals surface area contributed by atoms with Crippen molar-refractivity contribution in [2.75, 3.05) is 19.3 Å². The molecule has 0 saturated carbocycles. The molecule has 0 bridgehead atoms. The minimum Gasteiger partial charge on any atom is -0.473 e. The number of rotatable bonds is 8. The Morgan fingerprint density at radius 1 is 1.21 bits per heavy atom. The van der Waals surface area contributed by atoms with E-state index in [1.807, 2.05) is 32.0 Å². The van der Waals surface area contributed by atoms with E-state index in [4.69, 9.17) is 25.0 Å². The van der Waals surface area contributed by atoms with E-state index < -0.39 is 5.41 Å². The predicted octanol–water partition coefficient (Wildman–Crippen LogP) is 4.27. The Bertz CT molecular complexity index is 1870. The summed E-state index contributed by atoms with van der Waals surface area (Å²) in [5.41, 5.74) is 11.1. The van der Waals surface area contributed by atoms with E-state index in [2.05, 4.69) is 40.5 Å². The Kier molecular flexibility index (Phi) is 7.96. The zero-order chi connectivity index (χ0) is 32.9. The highest BCUT2D eigenvalue weighted by Crippen LogP contribution is 2.54. The standard InChI is InChI=1S/C35H41N9O3/c1-20(2)38-29(45)17-23-12-16-44(41-23)28-18-30(46-21(3)27-8-6-15-43(27)4)40-34(39-28)32-24-7-5-13-35(33(24)47-42-32)14-11-22-9-10-26(37)25(19-36)31(22)35/h9-10,12,16,18,20-21,27H,5-8,11,13-15,17,37H2,1-4H3,(H,38,45). The molecule has 1 aliphatic heterocycles. The van der Waals surface area contributed by atoms with Gasteiger partial charge in [-0.2, -0.15) is 15.3 Å². The summed E-state index contributed by atoms with van der Waals surface area (Å²) in [7, 11) is 2.12. The zero-order valence-electron chi connectivity index (χ0n) is 27.4. The molecule has 3 unspecified atom stereocenters. The molecule has 1 spiro atoms. The van der Waals surface area contributed by atoms with Gasteiger partial charge in [0.05, 0.1) is 23.1 Å². The van der Waals surface area contributed by atoms with E-state index in [1.165, 1.54) is 0 Å². The molecule has 1 saturated heterocycles.